The van der Waals surface area contributed by atoms with Crippen LogP contribution >= 0.6 is 11.9 Å². The number of aromatic nitrogens is 1. The lowest BCUT2D eigenvalue weighted by atomic mass is 9.93. The molecular weight excluding hydrogens is 529 g/mol. The molecule has 3 aromatic carbocycles. The van der Waals surface area contributed by atoms with Gasteiger partial charge in [0.25, 0.3) is 5.56 Å². The van der Waals surface area contributed by atoms with Crippen molar-refractivity contribution < 1.29 is 28.2 Å². The number of benzene rings is 3. The molecule has 0 bridgehead atoms. The third-order valence-corrected chi connectivity index (χ3v) is 7.95. The van der Waals surface area contributed by atoms with Gasteiger partial charge >= 0.3 is 12.1 Å². The first-order chi connectivity index (χ1) is 18.7. The van der Waals surface area contributed by atoms with Crippen molar-refractivity contribution in [2.75, 3.05) is 19.7 Å². The molecule has 1 aliphatic rings. The second-order valence-electron chi connectivity index (χ2n) is 9.36. The van der Waals surface area contributed by atoms with Crippen LogP contribution in [0.25, 0.3) is 21.9 Å². The highest BCUT2D eigenvalue weighted by Crippen LogP contribution is 2.42. The van der Waals surface area contributed by atoms with E-state index in [0.29, 0.717) is 24.1 Å². The number of fused-ring (bicyclic) bond motifs is 2. The number of rotatable bonds is 7. The fourth-order valence-corrected chi connectivity index (χ4v) is 6.32. The van der Waals surface area contributed by atoms with Crippen molar-refractivity contribution in [1.82, 2.24) is 8.87 Å². The van der Waals surface area contributed by atoms with E-state index in [1.165, 1.54) is 16.7 Å². The third-order valence-electron chi connectivity index (χ3n) is 6.78. The zero-order valence-electron chi connectivity index (χ0n) is 20.7. The largest absolute Gasteiger partial charge is 0.480 e. The maximum atomic E-state index is 13.7. The number of aliphatic carboxylic acids is 1. The molecule has 1 aromatic heterocycles. The summed E-state index contributed by atoms with van der Waals surface area (Å²) >= 11 is 1.14. The molecule has 39 heavy (non-hydrogen) atoms. The van der Waals surface area contributed by atoms with Crippen LogP contribution in [0, 0.1) is 0 Å². The van der Waals surface area contributed by atoms with E-state index in [-0.39, 0.29) is 30.2 Å². The first-order valence-electron chi connectivity index (χ1n) is 12.4. The molecule has 1 atom stereocenters. The average molecular weight is 555 g/mol. The Morgan fingerprint density at radius 3 is 2.49 bits per heavy atom. The number of pyridine rings is 1. The van der Waals surface area contributed by atoms with Gasteiger partial charge in [-0.3, -0.25) is 9.36 Å². The van der Waals surface area contributed by atoms with Gasteiger partial charge in [-0.2, -0.15) is 13.2 Å². The summed E-state index contributed by atoms with van der Waals surface area (Å²) < 4.78 is 44.0. The molecule has 2 heterocycles. The lowest BCUT2D eigenvalue weighted by molar-refractivity contribution is -0.141. The lowest BCUT2D eigenvalue weighted by Crippen LogP contribution is -2.42. The molecule has 202 valence electrons. The number of aliphatic hydroxyl groups is 1. The van der Waals surface area contributed by atoms with E-state index in [1.54, 1.807) is 10.4 Å². The van der Waals surface area contributed by atoms with Crippen molar-refractivity contribution in [2.45, 2.75) is 30.1 Å². The van der Waals surface area contributed by atoms with Crippen LogP contribution in [0.3, 0.4) is 0 Å². The number of hydrogen-bond acceptors (Lipinski definition) is 5. The predicted molar refractivity (Wildman–Crippen MR) is 144 cm³/mol. The number of carbonyl (C=O) groups is 1. The Morgan fingerprint density at radius 1 is 1.00 bits per heavy atom. The topological polar surface area (TPSA) is 82.8 Å². The van der Waals surface area contributed by atoms with Crippen molar-refractivity contribution in [1.29, 1.82) is 0 Å². The van der Waals surface area contributed by atoms with Crippen LogP contribution < -0.4 is 5.56 Å². The minimum atomic E-state index is -4.58. The number of halogens is 3. The van der Waals surface area contributed by atoms with Gasteiger partial charge in [0.2, 0.25) is 0 Å². The van der Waals surface area contributed by atoms with Gasteiger partial charge in [-0.15, -0.1) is 0 Å². The van der Waals surface area contributed by atoms with Crippen LogP contribution in [0.1, 0.15) is 29.2 Å². The van der Waals surface area contributed by atoms with Crippen molar-refractivity contribution in [3.63, 3.8) is 0 Å². The van der Waals surface area contributed by atoms with Crippen LogP contribution in [0.4, 0.5) is 13.2 Å². The minimum Gasteiger partial charge on any atom is -0.480 e. The molecule has 2 N–H and O–H groups in total. The smallest absolute Gasteiger partial charge is 0.416 e. The summed E-state index contributed by atoms with van der Waals surface area (Å²) in [6.45, 7) is 0.246. The summed E-state index contributed by atoms with van der Waals surface area (Å²) in [6, 6.07) is 18.5. The Labute approximate surface area is 226 Å². The van der Waals surface area contributed by atoms with Crippen LogP contribution in [-0.2, 0) is 17.4 Å². The van der Waals surface area contributed by atoms with Gasteiger partial charge in [0.15, 0.2) is 0 Å². The predicted octanol–water partition coefficient (Wildman–Crippen LogP) is 5.61. The molecule has 0 radical (unpaired) electrons. The van der Waals surface area contributed by atoms with E-state index in [1.807, 2.05) is 42.5 Å². The summed E-state index contributed by atoms with van der Waals surface area (Å²) in [7, 11) is 0. The molecule has 0 saturated heterocycles. The number of aliphatic hydroxyl groups excluding tert-OH is 1. The molecule has 1 aliphatic heterocycles. The molecule has 0 fully saturated rings. The van der Waals surface area contributed by atoms with Gasteiger partial charge in [-0.05, 0) is 64.4 Å². The standard InChI is InChI=1S/C29H25F3N2O4S/c30-29(31,32)22-10-4-9-20(15-22)26-21(14-19-8-3-7-18-6-1-2-11-23(18)19)16-25(36)34-24(28(37)38)17-33(12-5-13-35)39-27(26)34/h1-4,6-11,15-16,24,35H,5,12-14,17H2,(H,37,38). The third kappa shape index (κ3) is 5.45. The highest BCUT2D eigenvalue weighted by atomic mass is 32.2. The molecule has 0 aliphatic carbocycles. The summed E-state index contributed by atoms with van der Waals surface area (Å²) in [5.41, 5.74) is 0.649. The van der Waals surface area contributed by atoms with Gasteiger partial charge in [0.1, 0.15) is 11.1 Å². The van der Waals surface area contributed by atoms with E-state index in [9.17, 15) is 33.0 Å². The number of alkyl halides is 3. The molecule has 5 rings (SSSR count). The van der Waals surface area contributed by atoms with Crippen molar-refractivity contribution in [3.8, 4) is 11.1 Å². The highest BCUT2D eigenvalue weighted by Gasteiger charge is 2.36. The Bertz CT molecular complexity index is 1600. The molecule has 10 heteroatoms. The Morgan fingerprint density at radius 2 is 1.74 bits per heavy atom. The quantitative estimate of drug-likeness (QED) is 0.289. The molecule has 0 spiro atoms. The maximum Gasteiger partial charge on any atom is 0.416 e. The average Bonchev–Trinajstić information content (AvgIpc) is 2.91. The summed E-state index contributed by atoms with van der Waals surface area (Å²) in [4.78, 5) is 25.7. The van der Waals surface area contributed by atoms with Gasteiger partial charge in [0, 0.05) is 31.3 Å². The van der Waals surface area contributed by atoms with E-state index in [2.05, 4.69) is 0 Å². The molecule has 6 nitrogen and oxygen atoms in total. The Kier molecular flexibility index (Phi) is 7.53. The Hall–Kier alpha value is -3.60. The number of hydrogen-bond donors (Lipinski definition) is 2. The van der Waals surface area contributed by atoms with E-state index in [4.69, 9.17) is 0 Å². The number of nitrogens with zero attached hydrogens (tertiary/aromatic N) is 2. The zero-order valence-corrected chi connectivity index (χ0v) is 21.5. The second kappa shape index (κ2) is 10.9. The van der Waals surface area contributed by atoms with Gasteiger partial charge in [-0.25, -0.2) is 9.10 Å². The first-order valence-corrected chi connectivity index (χ1v) is 13.1. The van der Waals surface area contributed by atoms with E-state index >= 15 is 0 Å². The summed E-state index contributed by atoms with van der Waals surface area (Å²) in [6.07, 6.45) is -3.95. The fraction of sp³-hybridized carbons (Fsp3) is 0.241. The van der Waals surface area contributed by atoms with Crippen molar-refractivity contribution in [2.24, 2.45) is 0 Å². The zero-order chi connectivity index (χ0) is 27.7. The van der Waals surface area contributed by atoms with E-state index < -0.39 is 29.3 Å². The maximum absolute atomic E-state index is 13.7. The molecule has 0 amide bonds. The normalized spacial score (nSPS) is 15.8. The second-order valence-corrected chi connectivity index (χ2v) is 10.4. The Balaban J connectivity index is 1.76. The minimum absolute atomic E-state index is 0.0115. The van der Waals surface area contributed by atoms with Crippen LogP contribution in [0.5, 0.6) is 0 Å². The first kappa shape index (κ1) is 27.0. The van der Waals surface area contributed by atoms with Gasteiger partial charge in [-0.1, -0.05) is 54.6 Å². The van der Waals surface area contributed by atoms with Crippen LogP contribution in [0.15, 0.2) is 82.6 Å². The van der Waals surface area contributed by atoms with Gasteiger partial charge < -0.3 is 10.2 Å². The summed E-state index contributed by atoms with van der Waals surface area (Å²) in [5, 5.41) is 21.5. The van der Waals surface area contributed by atoms with Crippen molar-refractivity contribution >= 4 is 28.7 Å². The highest BCUT2D eigenvalue weighted by molar-refractivity contribution is 7.97. The molecule has 0 saturated carbocycles. The van der Waals surface area contributed by atoms with Crippen LogP contribution in [0.2, 0.25) is 0 Å². The molecule has 4 aromatic rings. The SMILES string of the molecule is O=C(O)C1CN(CCCO)Sc2c(-c3cccc(C(F)(F)F)c3)c(Cc3cccc4ccccc34)cc(=O)n21. The number of carboxylic acid groups (broad SMARTS) is 1. The van der Waals surface area contributed by atoms with Crippen molar-refractivity contribution in [3.05, 3.63) is 99.8 Å². The summed E-state index contributed by atoms with van der Waals surface area (Å²) in [5.74, 6) is -1.22. The monoisotopic (exact) mass is 554 g/mol. The van der Waals surface area contributed by atoms with E-state index in [0.717, 1.165) is 40.4 Å². The molecule has 1 unspecified atom stereocenters. The fourth-order valence-electron chi connectivity index (χ4n) is 4.99. The van der Waals surface area contributed by atoms with Gasteiger partial charge in [0.05, 0.1) is 5.56 Å². The number of carboxylic acids is 1. The molecular formula is C29H25F3N2O4S. The lowest BCUT2D eigenvalue weighted by Gasteiger charge is -2.34. The van der Waals surface area contributed by atoms with Crippen LogP contribution in [-0.4, -0.2) is 44.8 Å².